The van der Waals surface area contributed by atoms with Gasteiger partial charge in [-0.3, -0.25) is 4.79 Å². The fraction of sp³-hybridized carbons (Fsp3) is 0.250. The molecule has 2 aromatic rings. The Kier molecular flexibility index (Phi) is 6.43. The molecular formula is C16H16ClNO4S. The second-order valence-electron chi connectivity index (χ2n) is 4.73. The maximum Gasteiger partial charge on any atom is 0.345 e. The van der Waals surface area contributed by atoms with E-state index in [1.54, 1.807) is 24.3 Å². The number of carboxylic acids is 1. The smallest absolute Gasteiger partial charge is 0.345 e. The molecule has 5 nitrogen and oxygen atoms in total. The van der Waals surface area contributed by atoms with Crippen LogP contribution in [-0.4, -0.2) is 30.1 Å². The van der Waals surface area contributed by atoms with E-state index in [4.69, 9.17) is 21.4 Å². The third-order valence-corrected chi connectivity index (χ3v) is 4.30. The van der Waals surface area contributed by atoms with Gasteiger partial charge in [-0.15, -0.1) is 11.3 Å². The Hall–Kier alpha value is -2.05. The number of ether oxygens (including phenoxy) is 1. The van der Waals surface area contributed by atoms with E-state index >= 15 is 0 Å². The van der Waals surface area contributed by atoms with Crippen LogP contribution in [0.4, 0.5) is 0 Å². The molecule has 2 N–H and O–H groups in total. The number of carboxylic acid groups (broad SMARTS) is 1. The molecule has 0 spiro atoms. The Morgan fingerprint density at radius 2 is 1.78 bits per heavy atom. The first-order valence-electron chi connectivity index (χ1n) is 7.06. The fourth-order valence-corrected chi connectivity index (χ4v) is 2.70. The molecule has 7 heteroatoms. The molecule has 0 radical (unpaired) electrons. The number of halogens is 1. The molecule has 0 aliphatic carbocycles. The number of hydrogen-bond donors (Lipinski definition) is 2. The number of thiophene rings is 1. The number of unbranched alkanes of at least 4 members (excludes halogenated alkanes) is 1. The van der Waals surface area contributed by atoms with Gasteiger partial charge < -0.3 is 15.2 Å². The highest BCUT2D eigenvalue weighted by Crippen LogP contribution is 2.17. The van der Waals surface area contributed by atoms with Gasteiger partial charge in [0.2, 0.25) is 0 Å². The molecule has 0 unspecified atom stereocenters. The summed E-state index contributed by atoms with van der Waals surface area (Å²) in [6.45, 7) is 1.07. The van der Waals surface area contributed by atoms with Crippen molar-refractivity contribution in [3.63, 3.8) is 0 Å². The number of rotatable bonds is 8. The van der Waals surface area contributed by atoms with Crippen molar-refractivity contribution in [2.45, 2.75) is 12.8 Å². The molecule has 23 heavy (non-hydrogen) atoms. The average molecular weight is 354 g/mol. The molecule has 0 fully saturated rings. The van der Waals surface area contributed by atoms with Gasteiger partial charge in [-0.2, -0.15) is 0 Å². The molecular weight excluding hydrogens is 338 g/mol. The summed E-state index contributed by atoms with van der Waals surface area (Å²) in [4.78, 5) is 23.2. The minimum absolute atomic E-state index is 0.159. The maximum atomic E-state index is 11.8. The lowest BCUT2D eigenvalue weighted by Gasteiger charge is -2.06. The largest absolute Gasteiger partial charge is 0.494 e. The van der Waals surface area contributed by atoms with Gasteiger partial charge in [0.15, 0.2) is 0 Å². The van der Waals surface area contributed by atoms with Crippen LogP contribution in [0.3, 0.4) is 0 Å². The molecule has 0 atom stereocenters. The summed E-state index contributed by atoms with van der Waals surface area (Å²) < 4.78 is 5.55. The topological polar surface area (TPSA) is 75.6 Å². The number of amides is 1. The predicted molar refractivity (Wildman–Crippen MR) is 89.8 cm³/mol. The number of aromatic carboxylic acids is 1. The maximum absolute atomic E-state index is 11.8. The molecule has 2 rings (SSSR count). The highest BCUT2D eigenvalue weighted by Gasteiger charge is 2.12. The molecule has 1 amide bonds. The first-order valence-corrected chi connectivity index (χ1v) is 8.25. The molecule has 1 heterocycles. The number of carbonyl (C=O) groups is 2. The Morgan fingerprint density at radius 1 is 1.09 bits per heavy atom. The number of carbonyl (C=O) groups excluding carboxylic acids is 1. The summed E-state index contributed by atoms with van der Waals surface area (Å²) in [5.41, 5.74) is 0. The summed E-state index contributed by atoms with van der Waals surface area (Å²) in [6.07, 6.45) is 1.57. The van der Waals surface area contributed by atoms with Gasteiger partial charge in [0.05, 0.1) is 11.5 Å². The van der Waals surface area contributed by atoms with Gasteiger partial charge in [0, 0.05) is 11.6 Å². The molecule has 0 saturated heterocycles. The zero-order valence-corrected chi connectivity index (χ0v) is 13.8. The van der Waals surface area contributed by atoms with E-state index in [1.165, 1.54) is 12.1 Å². The molecule has 122 valence electrons. The van der Waals surface area contributed by atoms with E-state index in [9.17, 15) is 9.59 Å². The van der Waals surface area contributed by atoms with Crippen molar-refractivity contribution in [1.29, 1.82) is 0 Å². The van der Waals surface area contributed by atoms with Crippen molar-refractivity contribution in [3.8, 4) is 5.75 Å². The second kappa shape index (κ2) is 8.55. The molecule has 0 aliphatic rings. The van der Waals surface area contributed by atoms with Gasteiger partial charge in [-0.25, -0.2) is 4.79 Å². The van der Waals surface area contributed by atoms with Crippen LogP contribution < -0.4 is 10.1 Å². The Bertz CT molecular complexity index is 669. The van der Waals surface area contributed by atoms with Crippen LogP contribution in [0.2, 0.25) is 5.02 Å². The van der Waals surface area contributed by atoms with E-state index in [0.717, 1.165) is 29.9 Å². The van der Waals surface area contributed by atoms with E-state index in [2.05, 4.69) is 5.32 Å². The monoisotopic (exact) mass is 353 g/mol. The summed E-state index contributed by atoms with van der Waals surface area (Å²) in [5, 5.41) is 12.2. The van der Waals surface area contributed by atoms with Crippen LogP contribution in [0.25, 0.3) is 0 Å². The first-order chi connectivity index (χ1) is 11.1. The molecule has 1 aromatic carbocycles. The fourth-order valence-electron chi connectivity index (χ4n) is 1.81. The quantitative estimate of drug-likeness (QED) is 0.710. The van der Waals surface area contributed by atoms with Crippen molar-refractivity contribution >= 4 is 34.8 Å². The Morgan fingerprint density at radius 3 is 2.43 bits per heavy atom. The zero-order valence-electron chi connectivity index (χ0n) is 12.3. The standard InChI is InChI=1S/C16H16ClNO4S/c17-11-3-5-12(6-4-11)22-10-2-1-9-18-15(19)13-7-8-14(23-13)16(20)21/h3-8H,1-2,9-10H2,(H,18,19)(H,20,21). The Balaban J connectivity index is 1.62. The highest BCUT2D eigenvalue weighted by molar-refractivity contribution is 7.15. The Labute approximate surface area is 142 Å². The van der Waals surface area contributed by atoms with Crippen molar-refractivity contribution in [3.05, 3.63) is 51.2 Å². The summed E-state index contributed by atoms with van der Waals surface area (Å²) in [5.74, 6) is -0.507. The highest BCUT2D eigenvalue weighted by atomic mass is 35.5. The normalized spacial score (nSPS) is 10.3. The number of hydrogen-bond acceptors (Lipinski definition) is 4. The summed E-state index contributed by atoms with van der Waals surface area (Å²) in [7, 11) is 0. The van der Waals surface area contributed by atoms with Crippen LogP contribution >= 0.6 is 22.9 Å². The number of benzene rings is 1. The van der Waals surface area contributed by atoms with E-state index < -0.39 is 5.97 Å². The molecule has 0 aliphatic heterocycles. The summed E-state index contributed by atoms with van der Waals surface area (Å²) >= 11 is 6.75. The number of nitrogens with one attached hydrogen (secondary N) is 1. The minimum atomic E-state index is -1.02. The molecule has 1 aromatic heterocycles. The first kappa shape index (κ1) is 17.3. The predicted octanol–water partition coefficient (Wildman–Crippen LogP) is 3.69. The lowest BCUT2D eigenvalue weighted by molar-refractivity contribution is 0.0702. The average Bonchev–Trinajstić information content (AvgIpc) is 3.02. The van der Waals surface area contributed by atoms with Gasteiger partial charge in [-0.1, -0.05) is 11.6 Å². The molecule has 0 bridgehead atoms. The van der Waals surface area contributed by atoms with Gasteiger partial charge in [0.1, 0.15) is 10.6 Å². The van der Waals surface area contributed by atoms with Crippen LogP contribution in [0.5, 0.6) is 5.75 Å². The molecule has 0 saturated carbocycles. The summed E-state index contributed by atoms with van der Waals surface area (Å²) in [6, 6.07) is 10.1. The van der Waals surface area contributed by atoms with Gasteiger partial charge in [-0.05, 0) is 49.2 Å². The SMILES string of the molecule is O=C(O)c1ccc(C(=O)NCCCCOc2ccc(Cl)cc2)s1. The van der Waals surface area contributed by atoms with Crippen LogP contribution in [0.15, 0.2) is 36.4 Å². The minimum Gasteiger partial charge on any atom is -0.494 e. The lowest BCUT2D eigenvalue weighted by atomic mass is 10.3. The van der Waals surface area contributed by atoms with Crippen LogP contribution in [0.1, 0.15) is 32.2 Å². The van der Waals surface area contributed by atoms with Gasteiger partial charge >= 0.3 is 5.97 Å². The third kappa shape index (κ3) is 5.58. The van der Waals surface area contributed by atoms with Crippen molar-refractivity contribution in [2.24, 2.45) is 0 Å². The third-order valence-electron chi connectivity index (χ3n) is 2.98. The van der Waals surface area contributed by atoms with Crippen LogP contribution in [-0.2, 0) is 0 Å². The van der Waals surface area contributed by atoms with Crippen molar-refractivity contribution in [2.75, 3.05) is 13.2 Å². The zero-order chi connectivity index (χ0) is 16.7. The van der Waals surface area contributed by atoms with Crippen molar-refractivity contribution in [1.82, 2.24) is 5.32 Å². The van der Waals surface area contributed by atoms with E-state index in [1.807, 2.05) is 0 Å². The second-order valence-corrected chi connectivity index (χ2v) is 6.25. The van der Waals surface area contributed by atoms with E-state index in [-0.39, 0.29) is 10.8 Å². The van der Waals surface area contributed by atoms with Gasteiger partial charge in [0.25, 0.3) is 5.91 Å². The van der Waals surface area contributed by atoms with E-state index in [0.29, 0.717) is 23.1 Å². The van der Waals surface area contributed by atoms with Crippen molar-refractivity contribution < 1.29 is 19.4 Å². The van der Waals surface area contributed by atoms with Crippen LogP contribution in [0, 0.1) is 0 Å². The lowest BCUT2D eigenvalue weighted by Crippen LogP contribution is -2.23.